The Bertz CT molecular complexity index is 668. The molecule has 0 aliphatic carbocycles. The summed E-state index contributed by atoms with van der Waals surface area (Å²) < 4.78 is 5.07. The van der Waals surface area contributed by atoms with E-state index in [1.807, 2.05) is 39.2 Å². The molecule has 2 rings (SSSR count). The number of rotatable bonds is 6. The second-order valence-electron chi connectivity index (χ2n) is 5.49. The molecule has 1 aromatic carbocycles. The summed E-state index contributed by atoms with van der Waals surface area (Å²) in [6.45, 7) is 5.90. The Morgan fingerprint density at radius 1 is 1.32 bits per heavy atom. The first-order chi connectivity index (χ1) is 10.5. The first kappa shape index (κ1) is 16.2. The van der Waals surface area contributed by atoms with Gasteiger partial charge in [-0.1, -0.05) is 0 Å². The van der Waals surface area contributed by atoms with Gasteiger partial charge in [-0.15, -0.1) is 0 Å². The van der Waals surface area contributed by atoms with Crippen molar-refractivity contribution >= 4 is 22.6 Å². The molecule has 0 amide bonds. The van der Waals surface area contributed by atoms with Crippen LogP contribution in [0.4, 0.5) is 5.69 Å². The van der Waals surface area contributed by atoms with Gasteiger partial charge < -0.3 is 15.0 Å². The normalized spacial score (nSPS) is 11.0. The molecule has 0 saturated carbocycles. The molecule has 1 aromatic heterocycles. The van der Waals surface area contributed by atoms with Gasteiger partial charge in [0.1, 0.15) is 0 Å². The first-order valence-corrected chi connectivity index (χ1v) is 7.48. The van der Waals surface area contributed by atoms with Gasteiger partial charge in [-0.25, -0.2) is 4.79 Å². The van der Waals surface area contributed by atoms with Crippen molar-refractivity contribution in [2.45, 2.75) is 13.8 Å². The number of nitrogens with one attached hydrogen (secondary N) is 1. The quantitative estimate of drug-likeness (QED) is 0.831. The van der Waals surface area contributed by atoms with E-state index < -0.39 is 0 Å². The molecule has 5 heteroatoms. The number of nitrogens with zero attached hydrogens (tertiary/aromatic N) is 2. The Morgan fingerprint density at radius 3 is 2.77 bits per heavy atom. The molecular formula is C17H23N3O2. The third-order valence-electron chi connectivity index (χ3n) is 3.32. The Balaban J connectivity index is 2.35. The van der Waals surface area contributed by atoms with Crippen molar-refractivity contribution in [2.75, 3.05) is 39.1 Å². The Hall–Kier alpha value is -2.14. The van der Waals surface area contributed by atoms with Gasteiger partial charge in [0.25, 0.3) is 0 Å². The summed E-state index contributed by atoms with van der Waals surface area (Å²) in [6, 6.07) is 7.48. The Kier molecular flexibility index (Phi) is 5.33. The summed E-state index contributed by atoms with van der Waals surface area (Å²) in [5.41, 5.74) is 3.37. The Labute approximate surface area is 131 Å². The van der Waals surface area contributed by atoms with Crippen LogP contribution in [0, 0.1) is 6.92 Å². The number of carbonyl (C=O) groups is 1. The fourth-order valence-corrected chi connectivity index (χ4v) is 2.26. The van der Waals surface area contributed by atoms with E-state index in [9.17, 15) is 4.79 Å². The van der Waals surface area contributed by atoms with Crippen LogP contribution < -0.4 is 5.32 Å². The third-order valence-corrected chi connectivity index (χ3v) is 3.32. The number of carbonyl (C=O) groups excluding carboxylic acids is 1. The van der Waals surface area contributed by atoms with Crippen LogP contribution in [0.25, 0.3) is 10.9 Å². The molecule has 0 unspecified atom stereocenters. The number of pyridine rings is 1. The fraction of sp³-hybridized carbons (Fsp3) is 0.412. The van der Waals surface area contributed by atoms with Crippen LogP contribution in [0.1, 0.15) is 23.0 Å². The highest BCUT2D eigenvalue weighted by atomic mass is 16.5. The molecule has 0 aliphatic heterocycles. The SMILES string of the molecule is CCOC(=O)c1ccc2nc(C)cc(NCCN(C)C)c2c1. The first-order valence-electron chi connectivity index (χ1n) is 7.48. The zero-order chi connectivity index (χ0) is 16.1. The molecule has 0 fully saturated rings. The van der Waals surface area contributed by atoms with E-state index in [-0.39, 0.29) is 5.97 Å². The maximum atomic E-state index is 11.9. The summed E-state index contributed by atoms with van der Waals surface area (Å²) in [6.07, 6.45) is 0. The second kappa shape index (κ2) is 7.22. The maximum absolute atomic E-state index is 11.9. The van der Waals surface area contributed by atoms with Gasteiger partial charge in [-0.05, 0) is 52.2 Å². The summed E-state index contributed by atoms with van der Waals surface area (Å²) >= 11 is 0. The van der Waals surface area contributed by atoms with E-state index in [1.54, 1.807) is 13.0 Å². The highest BCUT2D eigenvalue weighted by Crippen LogP contribution is 2.24. The number of hydrogen-bond acceptors (Lipinski definition) is 5. The smallest absolute Gasteiger partial charge is 0.338 e. The molecule has 0 saturated heterocycles. The number of esters is 1. The summed E-state index contributed by atoms with van der Waals surface area (Å²) in [4.78, 5) is 18.5. The Morgan fingerprint density at radius 2 is 2.09 bits per heavy atom. The van der Waals surface area contributed by atoms with Crippen LogP contribution in [0.2, 0.25) is 0 Å². The summed E-state index contributed by atoms with van der Waals surface area (Å²) in [5.74, 6) is -0.302. The molecule has 2 aromatic rings. The van der Waals surface area contributed by atoms with Gasteiger partial charge in [-0.3, -0.25) is 4.98 Å². The molecule has 0 atom stereocenters. The molecule has 0 radical (unpaired) electrons. The fourth-order valence-electron chi connectivity index (χ4n) is 2.26. The van der Waals surface area contributed by atoms with Crippen molar-refractivity contribution in [2.24, 2.45) is 0 Å². The molecule has 0 spiro atoms. The molecule has 0 aliphatic rings. The molecular weight excluding hydrogens is 278 g/mol. The molecule has 1 heterocycles. The summed E-state index contributed by atoms with van der Waals surface area (Å²) in [5, 5.41) is 4.36. The van der Waals surface area contributed by atoms with Crippen molar-refractivity contribution < 1.29 is 9.53 Å². The van der Waals surface area contributed by atoms with E-state index in [0.29, 0.717) is 12.2 Å². The van der Waals surface area contributed by atoms with Crippen LogP contribution >= 0.6 is 0 Å². The van der Waals surface area contributed by atoms with Crippen LogP contribution in [0.3, 0.4) is 0 Å². The largest absolute Gasteiger partial charge is 0.462 e. The standard InChI is InChI=1S/C17H23N3O2/c1-5-22-17(21)13-6-7-15-14(11-13)16(10-12(2)19-15)18-8-9-20(3)4/h6-7,10-11H,5,8-9H2,1-4H3,(H,18,19). The van der Waals surface area contributed by atoms with Crippen molar-refractivity contribution in [3.05, 3.63) is 35.5 Å². The molecule has 1 N–H and O–H groups in total. The van der Waals surface area contributed by atoms with Gasteiger partial charge in [-0.2, -0.15) is 0 Å². The van der Waals surface area contributed by atoms with E-state index in [2.05, 4.69) is 15.2 Å². The van der Waals surface area contributed by atoms with Crippen LogP contribution in [0.15, 0.2) is 24.3 Å². The topological polar surface area (TPSA) is 54.5 Å². The number of fused-ring (bicyclic) bond motifs is 1. The van der Waals surface area contributed by atoms with E-state index in [0.717, 1.165) is 35.4 Å². The molecule has 0 bridgehead atoms. The number of benzene rings is 1. The van der Waals surface area contributed by atoms with Crippen LogP contribution in [-0.2, 0) is 4.74 Å². The van der Waals surface area contributed by atoms with Crippen molar-refractivity contribution in [1.82, 2.24) is 9.88 Å². The van der Waals surface area contributed by atoms with Gasteiger partial charge in [0.15, 0.2) is 0 Å². The minimum absolute atomic E-state index is 0.302. The summed E-state index contributed by atoms with van der Waals surface area (Å²) in [7, 11) is 4.08. The van der Waals surface area contributed by atoms with Crippen LogP contribution in [0.5, 0.6) is 0 Å². The number of likely N-dealkylation sites (N-methyl/N-ethyl adjacent to an activating group) is 1. The second-order valence-corrected chi connectivity index (χ2v) is 5.49. The predicted molar refractivity (Wildman–Crippen MR) is 89.5 cm³/mol. The third kappa shape index (κ3) is 3.95. The molecule has 5 nitrogen and oxygen atoms in total. The van der Waals surface area contributed by atoms with Gasteiger partial charge in [0.05, 0.1) is 17.7 Å². The highest BCUT2D eigenvalue weighted by molar-refractivity contribution is 5.98. The van der Waals surface area contributed by atoms with Crippen molar-refractivity contribution in [1.29, 1.82) is 0 Å². The average molecular weight is 301 g/mol. The highest BCUT2D eigenvalue weighted by Gasteiger charge is 2.10. The number of aromatic nitrogens is 1. The monoisotopic (exact) mass is 301 g/mol. The van der Waals surface area contributed by atoms with Crippen molar-refractivity contribution in [3.63, 3.8) is 0 Å². The minimum Gasteiger partial charge on any atom is -0.462 e. The van der Waals surface area contributed by atoms with Crippen LogP contribution in [-0.4, -0.2) is 49.6 Å². The predicted octanol–water partition coefficient (Wildman–Crippen LogP) is 2.69. The van der Waals surface area contributed by atoms with E-state index >= 15 is 0 Å². The lowest BCUT2D eigenvalue weighted by Gasteiger charge is -2.14. The number of anilines is 1. The minimum atomic E-state index is -0.302. The lowest BCUT2D eigenvalue weighted by Crippen LogP contribution is -2.21. The zero-order valence-electron chi connectivity index (χ0n) is 13.6. The lowest BCUT2D eigenvalue weighted by molar-refractivity contribution is 0.0526. The van der Waals surface area contributed by atoms with Gasteiger partial charge >= 0.3 is 5.97 Å². The van der Waals surface area contributed by atoms with Gasteiger partial charge in [0, 0.05) is 29.9 Å². The van der Waals surface area contributed by atoms with Crippen molar-refractivity contribution in [3.8, 4) is 0 Å². The number of hydrogen-bond donors (Lipinski definition) is 1. The zero-order valence-corrected chi connectivity index (χ0v) is 13.6. The van der Waals surface area contributed by atoms with E-state index in [4.69, 9.17) is 4.74 Å². The molecule has 22 heavy (non-hydrogen) atoms. The van der Waals surface area contributed by atoms with Gasteiger partial charge in [0.2, 0.25) is 0 Å². The maximum Gasteiger partial charge on any atom is 0.338 e. The average Bonchev–Trinajstić information content (AvgIpc) is 2.46. The lowest BCUT2D eigenvalue weighted by atomic mass is 10.1. The number of aryl methyl sites for hydroxylation is 1. The molecule has 118 valence electrons. The van der Waals surface area contributed by atoms with E-state index in [1.165, 1.54) is 0 Å². The number of ether oxygens (including phenoxy) is 1.